The van der Waals surface area contributed by atoms with Gasteiger partial charge in [-0.1, -0.05) is 42.5 Å². The zero-order valence-electron chi connectivity index (χ0n) is 14.2. The molecule has 132 valence electrons. The Balaban J connectivity index is 1.60. The Labute approximate surface area is 151 Å². The summed E-state index contributed by atoms with van der Waals surface area (Å²) in [6, 6.07) is 15.2. The van der Waals surface area contributed by atoms with Gasteiger partial charge in [-0.25, -0.2) is 4.39 Å². The molecule has 4 rings (SSSR count). The molecule has 26 heavy (non-hydrogen) atoms. The van der Waals surface area contributed by atoms with Crippen molar-refractivity contribution in [3.05, 3.63) is 59.9 Å². The SMILES string of the molecule is N#C[C@@H]1[C@@H](c2ccc(-c3ccccc3F)cc2)[C@@H](CO)N1C(=O)C1CC1. The standard InChI is InChI=1S/C21H19FN2O2/c22-17-4-2-1-3-16(17)13-5-7-14(8-6-13)20-18(11-23)24(19(20)12-25)21(26)15-9-10-15/h1-8,15,18-20,25H,9-10,12H2/t18-,19-,20-/m1/s1. The summed E-state index contributed by atoms with van der Waals surface area (Å²) in [5.41, 5.74) is 2.16. The summed E-state index contributed by atoms with van der Waals surface area (Å²) in [6.07, 6.45) is 1.74. The maximum Gasteiger partial charge on any atom is 0.227 e. The van der Waals surface area contributed by atoms with Crippen molar-refractivity contribution in [1.82, 2.24) is 4.90 Å². The first-order valence-corrected chi connectivity index (χ1v) is 8.83. The average Bonchev–Trinajstić information content (AvgIpc) is 3.48. The summed E-state index contributed by atoms with van der Waals surface area (Å²) in [4.78, 5) is 14.0. The van der Waals surface area contributed by atoms with E-state index in [1.807, 2.05) is 24.3 Å². The summed E-state index contributed by atoms with van der Waals surface area (Å²) in [5, 5.41) is 19.3. The number of hydrogen-bond acceptors (Lipinski definition) is 3. The number of rotatable bonds is 4. The van der Waals surface area contributed by atoms with Crippen LogP contribution in [0.25, 0.3) is 11.1 Å². The van der Waals surface area contributed by atoms with Gasteiger partial charge in [0, 0.05) is 17.4 Å². The number of halogens is 1. The molecule has 1 amide bonds. The van der Waals surface area contributed by atoms with E-state index in [-0.39, 0.29) is 36.2 Å². The Kier molecular flexibility index (Phi) is 4.21. The Morgan fingerprint density at radius 3 is 2.46 bits per heavy atom. The fourth-order valence-electron chi connectivity index (χ4n) is 3.83. The molecule has 5 heteroatoms. The first-order chi connectivity index (χ1) is 12.7. The van der Waals surface area contributed by atoms with E-state index < -0.39 is 6.04 Å². The van der Waals surface area contributed by atoms with Crippen molar-refractivity contribution in [2.75, 3.05) is 6.61 Å². The highest BCUT2D eigenvalue weighted by Gasteiger charge is 2.53. The van der Waals surface area contributed by atoms with E-state index in [0.717, 1.165) is 24.0 Å². The number of aliphatic hydroxyl groups excluding tert-OH is 1. The molecule has 0 unspecified atom stereocenters. The van der Waals surface area contributed by atoms with Gasteiger partial charge in [-0.3, -0.25) is 4.79 Å². The van der Waals surface area contributed by atoms with Gasteiger partial charge in [-0.2, -0.15) is 5.26 Å². The van der Waals surface area contributed by atoms with Gasteiger partial charge in [0.2, 0.25) is 5.91 Å². The van der Waals surface area contributed by atoms with Crippen LogP contribution in [0, 0.1) is 23.1 Å². The Morgan fingerprint density at radius 2 is 1.88 bits per heavy atom. The van der Waals surface area contributed by atoms with E-state index in [9.17, 15) is 19.6 Å². The van der Waals surface area contributed by atoms with Crippen molar-refractivity contribution in [2.45, 2.75) is 30.8 Å². The van der Waals surface area contributed by atoms with E-state index in [0.29, 0.717) is 5.56 Å². The Hall–Kier alpha value is -2.71. The molecule has 4 nitrogen and oxygen atoms in total. The molecule has 0 bridgehead atoms. The maximum absolute atomic E-state index is 13.9. The number of nitrogens with zero attached hydrogens (tertiary/aromatic N) is 2. The first-order valence-electron chi connectivity index (χ1n) is 8.83. The van der Waals surface area contributed by atoms with Crippen LogP contribution in [0.5, 0.6) is 0 Å². The van der Waals surface area contributed by atoms with Crippen molar-refractivity contribution in [3.8, 4) is 17.2 Å². The van der Waals surface area contributed by atoms with Gasteiger partial charge in [0.05, 0.1) is 18.7 Å². The molecule has 2 aromatic rings. The summed E-state index contributed by atoms with van der Waals surface area (Å²) in [6.45, 7) is -0.170. The molecular formula is C21H19FN2O2. The van der Waals surface area contributed by atoms with Crippen molar-refractivity contribution < 1.29 is 14.3 Å². The Morgan fingerprint density at radius 1 is 1.19 bits per heavy atom. The number of nitriles is 1. The van der Waals surface area contributed by atoms with Gasteiger partial charge in [0.25, 0.3) is 0 Å². The fraction of sp³-hybridized carbons (Fsp3) is 0.333. The number of likely N-dealkylation sites (tertiary alicyclic amines) is 1. The fourth-order valence-corrected chi connectivity index (χ4v) is 3.83. The predicted octanol–water partition coefficient (Wildman–Crippen LogP) is 3.08. The van der Waals surface area contributed by atoms with Gasteiger partial charge in [0.1, 0.15) is 11.9 Å². The minimum Gasteiger partial charge on any atom is -0.394 e. The van der Waals surface area contributed by atoms with E-state index in [1.54, 1.807) is 23.1 Å². The van der Waals surface area contributed by atoms with Crippen LogP contribution in [0.3, 0.4) is 0 Å². The number of carbonyl (C=O) groups is 1. The lowest BCUT2D eigenvalue weighted by atomic mass is 9.75. The van der Waals surface area contributed by atoms with Crippen molar-refractivity contribution in [3.63, 3.8) is 0 Å². The van der Waals surface area contributed by atoms with Crippen LogP contribution in [0.2, 0.25) is 0 Å². The molecule has 2 aromatic carbocycles. The molecular weight excluding hydrogens is 331 g/mol. The molecule has 0 aromatic heterocycles. The first kappa shape index (κ1) is 16.7. The highest BCUT2D eigenvalue weighted by molar-refractivity contribution is 5.83. The molecule has 0 radical (unpaired) electrons. The molecule has 1 aliphatic carbocycles. The third-order valence-corrected chi connectivity index (χ3v) is 5.39. The lowest BCUT2D eigenvalue weighted by Crippen LogP contribution is -2.65. The maximum atomic E-state index is 13.9. The minimum absolute atomic E-state index is 0.0179. The van der Waals surface area contributed by atoms with Gasteiger partial charge in [-0.15, -0.1) is 0 Å². The second kappa shape index (κ2) is 6.54. The van der Waals surface area contributed by atoms with Crippen LogP contribution < -0.4 is 0 Å². The van der Waals surface area contributed by atoms with E-state index in [1.165, 1.54) is 6.07 Å². The van der Waals surface area contributed by atoms with Crippen LogP contribution in [0.15, 0.2) is 48.5 Å². The molecule has 2 aliphatic rings. The van der Waals surface area contributed by atoms with Crippen LogP contribution >= 0.6 is 0 Å². The van der Waals surface area contributed by atoms with Crippen molar-refractivity contribution in [1.29, 1.82) is 5.26 Å². The smallest absolute Gasteiger partial charge is 0.227 e. The number of amides is 1. The summed E-state index contributed by atoms with van der Waals surface area (Å²) in [5.74, 6) is -0.505. The molecule has 0 spiro atoms. The molecule has 1 saturated heterocycles. The number of hydrogen-bond donors (Lipinski definition) is 1. The number of aliphatic hydroxyl groups is 1. The van der Waals surface area contributed by atoms with Gasteiger partial charge < -0.3 is 10.0 Å². The van der Waals surface area contributed by atoms with Crippen molar-refractivity contribution in [2.24, 2.45) is 5.92 Å². The molecule has 1 saturated carbocycles. The van der Waals surface area contributed by atoms with Gasteiger partial charge in [0.15, 0.2) is 0 Å². The van der Waals surface area contributed by atoms with Gasteiger partial charge in [-0.05, 0) is 30.0 Å². The van der Waals surface area contributed by atoms with Crippen LogP contribution in [0.4, 0.5) is 4.39 Å². The van der Waals surface area contributed by atoms with E-state index in [4.69, 9.17) is 0 Å². The normalized spacial score (nSPS) is 24.7. The second-order valence-corrected chi connectivity index (χ2v) is 6.97. The topological polar surface area (TPSA) is 64.3 Å². The highest BCUT2D eigenvalue weighted by atomic mass is 19.1. The zero-order chi connectivity index (χ0) is 18.3. The third-order valence-electron chi connectivity index (χ3n) is 5.39. The lowest BCUT2D eigenvalue weighted by Gasteiger charge is -2.51. The van der Waals surface area contributed by atoms with E-state index in [2.05, 4.69) is 6.07 Å². The van der Waals surface area contributed by atoms with Crippen LogP contribution in [-0.4, -0.2) is 34.6 Å². The van der Waals surface area contributed by atoms with E-state index >= 15 is 0 Å². The van der Waals surface area contributed by atoms with Crippen LogP contribution in [0.1, 0.15) is 24.3 Å². The summed E-state index contributed by atoms with van der Waals surface area (Å²) < 4.78 is 13.9. The summed E-state index contributed by atoms with van der Waals surface area (Å²) in [7, 11) is 0. The molecule has 1 N–H and O–H groups in total. The van der Waals surface area contributed by atoms with Gasteiger partial charge >= 0.3 is 0 Å². The monoisotopic (exact) mass is 350 g/mol. The second-order valence-electron chi connectivity index (χ2n) is 6.97. The predicted molar refractivity (Wildman–Crippen MR) is 94.4 cm³/mol. The summed E-state index contributed by atoms with van der Waals surface area (Å²) >= 11 is 0. The molecule has 2 fully saturated rings. The lowest BCUT2D eigenvalue weighted by molar-refractivity contribution is -0.148. The largest absolute Gasteiger partial charge is 0.394 e. The molecule has 1 heterocycles. The quantitative estimate of drug-likeness (QED) is 0.922. The minimum atomic E-state index is -0.556. The zero-order valence-corrected chi connectivity index (χ0v) is 14.2. The third kappa shape index (κ3) is 2.67. The Bertz CT molecular complexity index is 870. The number of benzene rings is 2. The highest BCUT2D eigenvalue weighted by Crippen LogP contribution is 2.44. The number of carbonyl (C=O) groups excluding carboxylic acids is 1. The van der Waals surface area contributed by atoms with Crippen molar-refractivity contribution >= 4 is 5.91 Å². The average molecular weight is 350 g/mol. The molecule has 1 aliphatic heterocycles. The molecule has 3 atom stereocenters. The van der Waals surface area contributed by atoms with Crippen LogP contribution in [-0.2, 0) is 4.79 Å².